The molecular formula is C17H13FN4O2S2. The van der Waals surface area contributed by atoms with Crippen molar-refractivity contribution in [2.75, 3.05) is 23.8 Å². The minimum atomic E-state index is -0.365. The van der Waals surface area contributed by atoms with Crippen LogP contribution in [0.2, 0.25) is 0 Å². The van der Waals surface area contributed by atoms with Gasteiger partial charge in [-0.05, 0) is 24.3 Å². The molecule has 1 aromatic carbocycles. The minimum Gasteiger partial charge on any atom is -0.463 e. The van der Waals surface area contributed by atoms with Crippen molar-refractivity contribution in [1.82, 2.24) is 9.97 Å². The molecule has 4 rings (SSSR count). The summed E-state index contributed by atoms with van der Waals surface area (Å²) in [5.74, 6) is 0.0547. The van der Waals surface area contributed by atoms with Gasteiger partial charge in [0, 0.05) is 12.4 Å². The van der Waals surface area contributed by atoms with Gasteiger partial charge < -0.3 is 14.6 Å². The highest BCUT2D eigenvalue weighted by Crippen LogP contribution is 2.29. The molecule has 0 spiro atoms. The fraction of sp³-hybridized carbons (Fsp3) is 0.118. The quantitative estimate of drug-likeness (QED) is 0.554. The average molecular weight is 388 g/mol. The lowest BCUT2D eigenvalue weighted by molar-refractivity contribution is -0.114. The van der Waals surface area contributed by atoms with Crippen LogP contribution in [0.1, 0.15) is 0 Å². The number of rotatable bonds is 5. The van der Waals surface area contributed by atoms with Gasteiger partial charge in [-0.3, -0.25) is 4.79 Å². The van der Waals surface area contributed by atoms with E-state index in [1.165, 1.54) is 28.7 Å². The maximum absolute atomic E-state index is 13.8. The van der Waals surface area contributed by atoms with E-state index in [2.05, 4.69) is 15.3 Å². The molecule has 0 radical (unpaired) electrons. The van der Waals surface area contributed by atoms with E-state index >= 15 is 0 Å². The summed E-state index contributed by atoms with van der Waals surface area (Å²) in [4.78, 5) is 22.6. The fourth-order valence-corrected chi connectivity index (χ4v) is 4.03. The Labute approximate surface area is 155 Å². The molecule has 0 saturated heterocycles. The van der Waals surface area contributed by atoms with Crippen LogP contribution in [0.15, 0.2) is 46.4 Å². The Morgan fingerprint density at radius 1 is 1.31 bits per heavy atom. The number of thiazole rings is 2. The van der Waals surface area contributed by atoms with Gasteiger partial charge in [-0.2, -0.15) is 0 Å². The van der Waals surface area contributed by atoms with E-state index in [0.717, 1.165) is 4.70 Å². The van der Waals surface area contributed by atoms with Crippen LogP contribution in [0.4, 0.5) is 14.7 Å². The van der Waals surface area contributed by atoms with Crippen LogP contribution >= 0.6 is 22.7 Å². The lowest BCUT2D eigenvalue weighted by atomic mass is 10.3. The summed E-state index contributed by atoms with van der Waals surface area (Å²) in [7, 11) is 1.74. The molecule has 26 heavy (non-hydrogen) atoms. The van der Waals surface area contributed by atoms with Gasteiger partial charge in [0.05, 0.1) is 17.5 Å². The number of nitrogens with one attached hydrogen (secondary N) is 1. The molecule has 6 nitrogen and oxygen atoms in total. The summed E-state index contributed by atoms with van der Waals surface area (Å²) in [6.45, 7) is 0.0805. The lowest BCUT2D eigenvalue weighted by Crippen LogP contribution is -2.29. The monoisotopic (exact) mass is 388 g/mol. The summed E-state index contributed by atoms with van der Waals surface area (Å²) >= 11 is 2.66. The first-order valence-corrected chi connectivity index (χ1v) is 9.35. The SMILES string of the molecule is CN(CC(=O)Nc1nc(-c2ccco2)cs1)c1nc2c(F)cccc2s1. The van der Waals surface area contributed by atoms with E-state index in [4.69, 9.17) is 4.42 Å². The van der Waals surface area contributed by atoms with Crippen molar-refractivity contribution in [3.05, 3.63) is 47.8 Å². The first-order valence-electron chi connectivity index (χ1n) is 7.65. The largest absolute Gasteiger partial charge is 0.463 e. The number of fused-ring (bicyclic) bond motifs is 1. The molecule has 3 heterocycles. The van der Waals surface area contributed by atoms with Crippen LogP contribution < -0.4 is 10.2 Å². The van der Waals surface area contributed by atoms with Gasteiger partial charge in [-0.25, -0.2) is 14.4 Å². The Kier molecular flexibility index (Phi) is 4.39. The predicted octanol–water partition coefficient (Wildman–Crippen LogP) is 4.23. The Bertz CT molecular complexity index is 1060. The number of furan rings is 1. The molecule has 9 heteroatoms. The third-order valence-corrected chi connectivity index (χ3v) is 5.48. The number of hydrogen-bond donors (Lipinski definition) is 1. The molecule has 0 saturated carbocycles. The Morgan fingerprint density at radius 2 is 2.19 bits per heavy atom. The van der Waals surface area contributed by atoms with E-state index in [1.807, 2.05) is 5.38 Å². The van der Waals surface area contributed by atoms with Gasteiger partial charge in [0.2, 0.25) is 5.91 Å². The predicted molar refractivity (Wildman–Crippen MR) is 101 cm³/mol. The number of nitrogens with zero attached hydrogens (tertiary/aromatic N) is 3. The Morgan fingerprint density at radius 3 is 2.96 bits per heavy atom. The number of hydrogen-bond acceptors (Lipinski definition) is 7. The number of likely N-dealkylation sites (N-methyl/N-ethyl adjacent to an activating group) is 1. The van der Waals surface area contributed by atoms with Crippen molar-refractivity contribution >= 4 is 49.1 Å². The highest BCUT2D eigenvalue weighted by molar-refractivity contribution is 7.22. The molecule has 0 aliphatic rings. The number of para-hydroxylation sites is 1. The number of aromatic nitrogens is 2. The molecule has 0 bridgehead atoms. The molecule has 1 N–H and O–H groups in total. The molecule has 3 aromatic heterocycles. The lowest BCUT2D eigenvalue weighted by Gasteiger charge is -2.14. The highest BCUT2D eigenvalue weighted by atomic mass is 32.1. The number of carbonyl (C=O) groups is 1. The van der Waals surface area contributed by atoms with Crippen LogP contribution in [0.5, 0.6) is 0 Å². The zero-order valence-electron chi connectivity index (χ0n) is 13.6. The average Bonchev–Trinajstić information content (AvgIpc) is 3.35. The van der Waals surface area contributed by atoms with Gasteiger partial charge in [0.15, 0.2) is 16.0 Å². The second-order valence-electron chi connectivity index (χ2n) is 5.50. The van der Waals surface area contributed by atoms with Crippen LogP contribution in [0.25, 0.3) is 21.7 Å². The second kappa shape index (κ2) is 6.85. The molecule has 0 aliphatic carbocycles. The zero-order chi connectivity index (χ0) is 18.1. The number of benzene rings is 1. The third-order valence-electron chi connectivity index (χ3n) is 3.59. The first-order chi connectivity index (χ1) is 12.6. The van der Waals surface area contributed by atoms with Crippen molar-refractivity contribution in [3.8, 4) is 11.5 Å². The van der Waals surface area contributed by atoms with Crippen LogP contribution in [0.3, 0.4) is 0 Å². The molecular weight excluding hydrogens is 375 g/mol. The molecule has 4 aromatic rings. The molecule has 0 aliphatic heterocycles. The molecule has 1 amide bonds. The van der Waals surface area contributed by atoms with Gasteiger partial charge >= 0.3 is 0 Å². The normalized spacial score (nSPS) is 11.0. The van der Waals surface area contributed by atoms with Crippen molar-refractivity contribution < 1.29 is 13.6 Å². The Hall–Kier alpha value is -2.78. The van der Waals surface area contributed by atoms with E-state index in [-0.39, 0.29) is 18.3 Å². The molecule has 132 valence electrons. The van der Waals surface area contributed by atoms with Gasteiger partial charge in [-0.15, -0.1) is 11.3 Å². The molecule has 0 fully saturated rings. The van der Waals surface area contributed by atoms with Crippen LogP contribution in [-0.2, 0) is 4.79 Å². The summed E-state index contributed by atoms with van der Waals surface area (Å²) in [6.07, 6.45) is 1.57. The summed E-state index contributed by atoms with van der Waals surface area (Å²) in [5.41, 5.74) is 0.994. The van der Waals surface area contributed by atoms with Crippen molar-refractivity contribution in [3.63, 3.8) is 0 Å². The fourth-order valence-electron chi connectivity index (χ4n) is 2.38. The standard InChI is InChI=1S/C17H13FN4O2S2/c1-22(17-21-15-10(18)4-2-6-13(15)26-17)8-14(23)20-16-19-11(9-25-16)12-5-3-7-24-12/h2-7,9H,8H2,1H3,(H,19,20,23). The number of anilines is 2. The van der Waals surface area contributed by atoms with Crippen molar-refractivity contribution in [2.24, 2.45) is 0 Å². The van der Waals surface area contributed by atoms with Crippen LogP contribution in [0, 0.1) is 5.82 Å². The Balaban J connectivity index is 1.43. The number of halogens is 1. The maximum Gasteiger partial charge on any atom is 0.245 e. The number of carbonyl (C=O) groups excluding carboxylic acids is 1. The third kappa shape index (κ3) is 3.31. The van der Waals surface area contributed by atoms with Crippen LogP contribution in [-0.4, -0.2) is 29.5 Å². The topological polar surface area (TPSA) is 71.3 Å². The molecule has 0 unspecified atom stereocenters. The number of amides is 1. The van der Waals surface area contributed by atoms with Crippen molar-refractivity contribution in [1.29, 1.82) is 0 Å². The molecule has 0 atom stereocenters. The van der Waals surface area contributed by atoms with E-state index in [0.29, 0.717) is 27.2 Å². The second-order valence-corrected chi connectivity index (χ2v) is 7.37. The summed E-state index contributed by atoms with van der Waals surface area (Å²) in [6, 6.07) is 8.41. The first kappa shape index (κ1) is 16.7. The van der Waals surface area contributed by atoms with Gasteiger partial charge in [0.25, 0.3) is 0 Å². The maximum atomic E-state index is 13.8. The van der Waals surface area contributed by atoms with Gasteiger partial charge in [-0.1, -0.05) is 17.4 Å². The smallest absolute Gasteiger partial charge is 0.245 e. The highest BCUT2D eigenvalue weighted by Gasteiger charge is 2.15. The summed E-state index contributed by atoms with van der Waals surface area (Å²) in [5, 5.41) is 5.64. The zero-order valence-corrected chi connectivity index (χ0v) is 15.2. The van der Waals surface area contributed by atoms with Gasteiger partial charge in [0.1, 0.15) is 17.0 Å². The van der Waals surface area contributed by atoms with E-state index in [9.17, 15) is 9.18 Å². The minimum absolute atomic E-state index is 0.0805. The van der Waals surface area contributed by atoms with E-state index < -0.39 is 0 Å². The van der Waals surface area contributed by atoms with Crippen molar-refractivity contribution in [2.45, 2.75) is 0 Å². The summed E-state index contributed by atoms with van der Waals surface area (Å²) < 4.78 is 19.8. The van der Waals surface area contributed by atoms with E-state index in [1.54, 1.807) is 42.5 Å².